The molecule has 4 rings (SSSR count). The molecule has 0 bridgehead atoms. The Hall–Kier alpha value is -3.27. The maximum absolute atomic E-state index is 13.5. The number of nitrogens with zero attached hydrogens (tertiary/aromatic N) is 3. The summed E-state index contributed by atoms with van der Waals surface area (Å²) < 4.78 is 18.9. The van der Waals surface area contributed by atoms with Crippen molar-refractivity contribution in [2.45, 2.75) is 45.1 Å². The molecule has 1 aliphatic heterocycles. The van der Waals surface area contributed by atoms with Crippen molar-refractivity contribution in [3.05, 3.63) is 47.0 Å². The fourth-order valence-corrected chi connectivity index (χ4v) is 4.50. The molecular formula is C23H25FN4O4S. The first-order valence-electron chi connectivity index (χ1n) is 10.6. The number of likely N-dealkylation sites (tertiary alicyclic amines) is 1. The molecule has 1 fully saturated rings. The van der Waals surface area contributed by atoms with Gasteiger partial charge in [-0.1, -0.05) is 0 Å². The molecule has 174 valence electrons. The van der Waals surface area contributed by atoms with E-state index in [0.717, 1.165) is 5.82 Å². The average molecular weight is 473 g/mol. The summed E-state index contributed by atoms with van der Waals surface area (Å²) in [6.45, 7) is 6.61. The number of imidazole rings is 1. The maximum atomic E-state index is 13.5. The van der Waals surface area contributed by atoms with Gasteiger partial charge in [-0.25, -0.2) is 23.9 Å². The zero-order valence-electron chi connectivity index (χ0n) is 18.6. The number of amides is 1. The number of thiazole rings is 1. The number of aromatic nitrogens is 3. The van der Waals surface area contributed by atoms with Crippen LogP contribution < -0.4 is 0 Å². The fraction of sp³-hybridized carbons (Fsp3) is 0.391. The first-order valence-corrected chi connectivity index (χ1v) is 11.5. The molecule has 1 amide bonds. The van der Waals surface area contributed by atoms with Gasteiger partial charge in [0.05, 0.1) is 5.69 Å². The van der Waals surface area contributed by atoms with Crippen molar-refractivity contribution in [2.75, 3.05) is 13.1 Å². The van der Waals surface area contributed by atoms with Crippen LogP contribution in [0.2, 0.25) is 0 Å². The van der Waals surface area contributed by atoms with Gasteiger partial charge in [0.1, 0.15) is 27.9 Å². The molecule has 2 aromatic heterocycles. The molecule has 0 aliphatic carbocycles. The van der Waals surface area contributed by atoms with Gasteiger partial charge in [0, 0.05) is 30.0 Å². The van der Waals surface area contributed by atoms with Gasteiger partial charge in [-0.15, -0.1) is 11.3 Å². The number of nitrogens with one attached hydrogen (secondary N) is 1. The molecule has 8 nitrogen and oxygen atoms in total. The normalized spacial score (nSPS) is 15.0. The Morgan fingerprint density at radius 3 is 2.42 bits per heavy atom. The van der Waals surface area contributed by atoms with E-state index in [9.17, 15) is 19.1 Å². The first-order chi connectivity index (χ1) is 15.6. The molecule has 0 atom stereocenters. The number of piperidine rings is 1. The molecule has 1 aromatic carbocycles. The van der Waals surface area contributed by atoms with Gasteiger partial charge < -0.3 is 19.7 Å². The Balaban J connectivity index is 1.60. The summed E-state index contributed by atoms with van der Waals surface area (Å²) in [4.78, 5) is 37.7. The Morgan fingerprint density at radius 1 is 1.18 bits per heavy atom. The number of aromatic carboxylic acids is 1. The molecule has 1 saturated heterocycles. The van der Waals surface area contributed by atoms with Crippen LogP contribution >= 0.6 is 11.3 Å². The number of ether oxygens (including phenoxy) is 1. The number of hydrogen-bond acceptors (Lipinski definition) is 6. The summed E-state index contributed by atoms with van der Waals surface area (Å²) in [5.74, 6) is -0.640. The van der Waals surface area contributed by atoms with Crippen molar-refractivity contribution in [3.63, 3.8) is 0 Å². The molecule has 3 aromatic rings. The highest BCUT2D eigenvalue weighted by Crippen LogP contribution is 2.36. The minimum atomic E-state index is -1.10. The third-order valence-electron chi connectivity index (χ3n) is 5.31. The highest BCUT2D eigenvalue weighted by atomic mass is 32.1. The van der Waals surface area contributed by atoms with E-state index >= 15 is 0 Å². The number of carbonyl (C=O) groups excluding carboxylic acids is 1. The molecule has 10 heteroatoms. The van der Waals surface area contributed by atoms with Gasteiger partial charge >= 0.3 is 12.1 Å². The largest absolute Gasteiger partial charge is 0.476 e. The van der Waals surface area contributed by atoms with Gasteiger partial charge in [0.25, 0.3) is 0 Å². The van der Waals surface area contributed by atoms with Crippen LogP contribution in [0.15, 0.2) is 29.6 Å². The number of hydrogen-bond donors (Lipinski definition) is 2. The van der Waals surface area contributed by atoms with Gasteiger partial charge in [-0.2, -0.15) is 0 Å². The van der Waals surface area contributed by atoms with Crippen molar-refractivity contribution < 1.29 is 23.8 Å². The zero-order chi connectivity index (χ0) is 23.8. The Kier molecular flexibility index (Phi) is 6.20. The van der Waals surface area contributed by atoms with Crippen LogP contribution in [-0.4, -0.2) is 55.7 Å². The lowest BCUT2D eigenvalue weighted by Crippen LogP contribution is -2.41. The van der Waals surface area contributed by atoms with Gasteiger partial charge in [0.2, 0.25) is 0 Å². The number of rotatable bonds is 4. The van der Waals surface area contributed by atoms with Crippen LogP contribution in [-0.2, 0) is 4.74 Å². The number of halogens is 1. The number of H-pyrrole nitrogens is 1. The highest BCUT2D eigenvalue weighted by molar-refractivity contribution is 7.13. The van der Waals surface area contributed by atoms with Crippen LogP contribution in [0.3, 0.4) is 0 Å². The lowest BCUT2D eigenvalue weighted by molar-refractivity contribution is 0.0203. The lowest BCUT2D eigenvalue weighted by atomic mass is 9.96. The van der Waals surface area contributed by atoms with E-state index in [1.54, 1.807) is 17.0 Å². The minimum Gasteiger partial charge on any atom is -0.476 e. The van der Waals surface area contributed by atoms with Crippen LogP contribution in [0, 0.1) is 5.82 Å². The Labute approximate surface area is 194 Å². The average Bonchev–Trinajstić information content (AvgIpc) is 3.41. The van der Waals surface area contributed by atoms with Crippen molar-refractivity contribution in [3.8, 4) is 22.0 Å². The molecule has 1 aliphatic rings. The quantitative estimate of drug-likeness (QED) is 0.543. The number of benzene rings is 1. The van der Waals surface area contributed by atoms with E-state index in [1.807, 2.05) is 20.8 Å². The molecule has 3 heterocycles. The first kappa shape index (κ1) is 22.9. The van der Waals surface area contributed by atoms with E-state index in [2.05, 4.69) is 9.97 Å². The van der Waals surface area contributed by atoms with E-state index in [1.165, 1.54) is 28.8 Å². The third kappa shape index (κ3) is 5.22. The van der Waals surface area contributed by atoms with Gasteiger partial charge in [0.15, 0.2) is 5.69 Å². The highest BCUT2D eigenvalue weighted by Gasteiger charge is 2.30. The number of carbonyl (C=O) groups is 2. The summed E-state index contributed by atoms with van der Waals surface area (Å²) in [6, 6.07) is 5.99. The maximum Gasteiger partial charge on any atom is 0.410 e. The van der Waals surface area contributed by atoms with Gasteiger partial charge in [-0.05, 0) is 57.9 Å². The van der Waals surface area contributed by atoms with Crippen molar-refractivity contribution in [1.29, 1.82) is 0 Å². The van der Waals surface area contributed by atoms with E-state index in [0.29, 0.717) is 47.9 Å². The Morgan fingerprint density at radius 2 is 1.85 bits per heavy atom. The summed E-state index contributed by atoms with van der Waals surface area (Å²) in [7, 11) is 0. The second-order valence-corrected chi connectivity index (χ2v) is 9.80. The molecule has 0 radical (unpaired) electrons. The predicted octanol–water partition coefficient (Wildman–Crippen LogP) is 5.15. The van der Waals surface area contributed by atoms with E-state index in [4.69, 9.17) is 9.72 Å². The number of carboxylic acids is 1. The predicted molar refractivity (Wildman–Crippen MR) is 122 cm³/mol. The number of aromatic amines is 1. The fourth-order valence-electron chi connectivity index (χ4n) is 3.71. The van der Waals surface area contributed by atoms with E-state index < -0.39 is 11.6 Å². The van der Waals surface area contributed by atoms with Crippen molar-refractivity contribution >= 4 is 23.4 Å². The van der Waals surface area contributed by atoms with Crippen molar-refractivity contribution in [2.24, 2.45) is 0 Å². The summed E-state index contributed by atoms with van der Waals surface area (Å²) in [6.07, 6.45) is 1.08. The topological polar surface area (TPSA) is 108 Å². The molecule has 33 heavy (non-hydrogen) atoms. The SMILES string of the molecule is CC(C)(C)OC(=O)N1CCC(c2nc(-c3ccc(F)cc3)c(-c3nc(C(=O)O)cs3)[nH]2)CC1. The van der Waals surface area contributed by atoms with E-state index in [-0.39, 0.29) is 23.5 Å². The third-order valence-corrected chi connectivity index (χ3v) is 6.17. The van der Waals surface area contributed by atoms with Gasteiger partial charge in [-0.3, -0.25) is 0 Å². The molecule has 2 N–H and O–H groups in total. The smallest absolute Gasteiger partial charge is 0.410 e. The second kappa shape index (κ2) is 8.93. The van der Waals surface area contributed by atoms with Crippen LogP contribution in [0.5, 0.6) is 0 Å². The van der Waals surface area contributed by atoms with Crippen LogP contribution in [0.4, 0.5) is 9.18 Å². The minimum absolute atomic E-state index is 0.0399. The Bertz CT molecular complexity index is 1160. The second-order valence-electron chi connectivity index (χ2n) is 8.94. The monoisotopic (exact) mass is 472 g/mol. The lowest BCUT2D eigenvalue weighted by Gasteiger charge is -2.32. The molecule has 0 spiro atoms. The summed E-state index contributed by atoms with van der Waals surface area (Å²) >= 11 is 1.21. The van der Waals surface area contributed by atoms with Crippen LogP contribution in [0.1, 0.15) is 55.8 Å². The number of carboxylic acid groups (broad SMARTS) is 1. The standard InChI is InChI=1S/C23H25FN4O4S/c1-23(2,3)32-22(31)28-10-8-14(9-11-28)19-26-17(13-4-6-15(24)7-5-13)18(27-19)20-25-16(12-33-20)21(29)30/h4-7,12,14H,8-11H2,1-3H3,(H,26,27)(H,29,30). The summed E-state index contributed by atoms with van der Waals surface area (Å²) in [5, 5.41) is 11.2. The zero-order valence-corrected chi connectivity index (χ0v) is 19.4. The summed E-state index contributed by atoms with van der Waals surface area (Å²) in [5.41, 5.74) is 1.31. The molecular weight excluding hydrogens is 447 g/mol. The molecule has 0 saturated carbocycles. The molecule has 0 unspecified atom stereocenters. The van der Waals surface area contributed by atoms with Crippen LogP contribution in [0.25, 0.3) is 22.0 Å². The van der Waals surface area contributed by atoms with Crippen molar-refractivity contribution in [1.82, 2.24) is 19.9 Å².